The van der Waals surface area contributed by atoms with E-state index in [4.69, 9.17) is 9.26 Å². The summed E-state index contributed by atoms with van der Waals surface area (Å²) < 4.78 is 10.3. The van der Waals surface area contributed by atoms with Crippen LogP contribution in [0.1, 0.15) is 56.8 Å². The highest BCUT2D eigenvalue weighted by atomic mass is 16.5. The summed E-state index contributed by atoms with van der Waals surface area (Å²) in [5.41, 5.74) is 1.23. The first kappa shape index (κ1) is 19.0. The number of aryl methyl sites for hydroxylation is 2. The van der Waals surface area contributed by atoms with E-state index in [-0.39, 0.29) is 17.9 Å². The number of nitrogens with zero attached hydrogens (tertiary/aromatic N) is 2. The largest absolute Gasteiger partial charge is 0.497 e. The van der Waals surface area contributed by atoms with Crippen LogP contribution in [0.5, 0.6) is 5.75 Å². The average molecular weight is 345 g/mol. The number of benzene rings is 1. The van der Waals surface area contributed by atoms with Crippen LogP contribution in [0.25, 0.3) is 0 Å². The first-order valence-corrected chi connectivity index (χ1v) is 8.72. The van der Waals surface area contributed by atoms with Gasteiger partial charge >= 0.3 is 0 Å². The summed E-state index contributed by atoms with van der Waals surface area (Å²) >= 11 is 0. The van der Waals surface area contributed by atoms with E-state index in [0.29, 0.717) is 24.6 Å². The van der Waals surface area contributed by atoms with Gasteiger partial charge in [0, 0.05) is 24.8 Å². The fourth-order valence-electron chi connectivity index (χ4n) is 2.42. The predicted molar refractivity (Wildman–Crippen MR) is 95.6 cm³/mol. The molecule has 6 nitrogen and oxygen atoms in total. The van der Waals surface area contributed by atoms with Crippen LogP contribution in [0, 0.1) is 0 Å². The smallest absolute Gasteiger partial charge is 0.227 e. The van der Waals surface area contributed by atoms with Gasteiger partial charge in [0.05, 0.1) is 7.11 Å². The van der Waals surface area contributed by atoms with Crippen LogP contribution in [-0.2, 0) is 17.6 Å². The third-order valence-corrected chi connectivity index (χ3v) is 4.00. The molecule has 0 aliphatic carbocycles. The minimum absolute atomic E-state index is 0.00604. The van der Waals surface area contributed by atoms with Gasteiger partial charge in [-0.1, -0.05) is 31.1 Å². The second-order valence-corrected chi connectivity index (χ2v) is 6.56. The first-order chi connectivity index (χ1) is 12.0. The van der Waals surface area contributed by atoms with Gasteiger partial charge in [0.15, 0.2) is 5.82 Å². The summed E-state index contributed by atoms with van der Waals surface area (Å²) in [6.45, 7) is 6.03. The molecule has 25 heavy (non-hydrogen) atoms. The number of aromatic nitrogens is 2. The maximum Gasteiger partial charge on any atom is 0.227 e. The summed E-state index contributed by atoms with van der Waals surface area (Å²) in [5, 5.41) is 6.92. The Kier molecular flexibility index (Phi) is 6.98. The van der Waals surface area contributed by atoms with Gasteiger partial charge in [-0.05, 0) is 37.5 Å². The van der Waals surface area contributed by atoms with Gasteiger partial charge in [0.1, 0.15) is 5.75 Å². The number of ether oxygens (including phenoxy) is 1. The number of hydrogen-bond donors (Lipinski definition) is 1. The Bertz CT molecular complexity index is 665. The Morgan fingerprint density at radius 1 is 1.20 bits per heavy atom. The minimum Gasteiger partial charge on any atom is -0.497 e. The van der Waals surface area contributed by atoms with Gasteiger partial charge in [0.25, 0.3) is 0 Å². The van der Waals surface area contributed by atoms with Crippen LogP contribution >= 0.6 is 0 Å². The lowest BCUT2D eigenvalue weighted by atomic mass is 10.1. The molecular weight excluding hydrogens is 318 g/mol. The Labute approximate surface area is 149 Å². The summed E-state index contributed by atoms with van der Waals surface area (Å²) in [6, 6.07) is 8.12. The van der Waals surface area contributed by atoms with E-state index in [1.807, 2.05) is 32.9 Å². The number of nitrogens with one attached hydrogen (secondary N) is 1. The third kappa shape index (κ3) is 6.21. The summed E-state index contributed by atoms with van der Waals surface area (Å²) in [6.07, 6.45) is 2.62. The molecule has 1 amide bonds. The number of methoxy groups -OCH3 is 1. The molecule has 2 aromatic rings. The maximum absolute atomic E-state index is 12.0. The molecule has 1 atom stereocenters. The van der Waals surface area contributed by atoms with E-state index in [9.17, 15) is 4.79 Å². The number of rotatable bonds is 9. The molecule has 6 heteroatoms. The highest BCUT2D eigenvalue weighted by molar-refractivity contribution is 5.76. The van der Waals surface area contributed by atoms with Crippen LogP contribution in [-0.4, -0.2) is 29.2 Å². The lowest BCUT2D eigenvalue weighted by Crippen LogP contribution is -2.33. The van der Waals surface area contributed by atoms with Crippen molar-refractivity contribution in [3.63, 3.8) is 0 Å². The van der Waals surface area contributed by atoms with Crippen LogP contribution in [0.15, 0.2) is 28.8 Å². The molecule has 1 aromatic carbocycles. The molecule has 0 radical (unpaired) electrons. The van der Waals surface area contributed by atoms with Crippen molar-refractivity contribution >= 4 is 5.91 Å². The molecule has 0 fully saturated rings. The summed E-state index contributed by atoms with van der Waals surface area (Å²) in [7, 11) is 1.66. The Balaban J connectivity index is 1.69. The molecule has 1 N–H and O–H groups in total. The fraction of sp³-hybridized carbons (Fsp3) is 0.526. The third-order valence-electron chi connectivity index (χ3n) is 4.00. The Morgan fingerprint density at radius 3 is 2.52 bits per heavy atom. The van der Waals surface area contributed by atoms with Crippen LogP contribution in [0.3, 0.4) is 0 Å². The van der Waals surface area contributed by atoms with Crippen LogP contribution in [0.2, 0.25) is 0 Å². The molecule has 0 saturated carbocycles. The highest BCUT2D eigenvalue weighted by Crippen LogP contribution is 2.13. The van der Waals surface area contributed by atoms with E-state index in [1.54, 1.807) is 7.11 Å². The highest BCUT2D eigenvalue weighted by Gasteiger charge is 2.12. The molecule has 0 aliphatic rings. The second kappa shape index (κ2) is 9.20. The molecule has 0 saturated heterocycles. The number of carbonyl (C=O) groups excluding carboxylic acids is 1. The standard InChI is InChI=1S/C19H27N3O3/c1-13(2)19-21-18(25-22-19)12-11-17(23)20-14(3)5-6-15-7-9-16(24-4)10-8-15/h7-10,13-14H,5-6,11-12H2,1-4H3,(H,20,23)/t14-/m1/s1. The van der Waals surface area contributed by atoms with Gasteiger partial charge in [-0.3, -0.25) is 4.79 Å². The van der Waals surface area contributed by atoms with Crippen LogP contribution < -0.4 is 10.1 Å². The predicted octanol–water partition coefficient (Wildman–Crippen LogP) is 3.27. The number of hydrogen-bond acceptors (Lipinski definition) is 5. The Hall–Kier alpha value is -2.37. The zero-order chi connectivity index (χ0) is 18.2. The van der Waals surface area contributed by atoms with Gasteiger partial charge in [0.2, 0.25) is 11.8 Å². The van der Waals surface area contributed by atoms with E-state index in [2.05, 4.69) is 27.6 Å². The molecule has 0 spiro atoms. The molecule has 0 aliphatic heterocycles. The molecule has 2 rings (SSSR count). The first-order valence-electron chi connectivity index (χ1n) is 8.72. The van der Waals surface area contributed by atoms with Crippen molar-refractivity contribution in [2.24, 2.45) is 0 Å². The van der Waals surface area contributed by atoms with Crippen LogP contribution in [0.4, 0.5) is 0 Å². The topological polar surface area (TPSA) is 77.2 Å². The minimum atomic E-state index is 0.00604. The maximum atomic E-state index is 12.0. The molecule has 1 heterocycles. The van der Waals surface area contributed by atoms with E-state index in [0.717, 1.165) is 18.6 Å². The van der Waals surface area contributed by atoms with Crippen molar-refractivity contribution < 1.29 is 14.1 Å². The lowest BCUT2D eigenvalue weighted by Gasteiger charge is -2.13. The van der Waals surface area contributed by atoms with E-state index >= 15 is 0 Å². The van der Waals surface area contributed by atoms with Gasteiger partial charge in [-0.15, -0.1) is 0 Å². The van der Waals surface area contributed by atoms with E-state index in [1.165, 1.54) is 5.56 Å². The van der Waals surface area contributed by atoms with Crippen molar-refractivity contribution in [1.29, 1.82) is 0 Å². The molecular formula is C19H27N3O3. The fourth-order valence-corrected chi connectivity index (χ4v) is 2.42. The summed E-state index contributed by atoms with van der Waals surface area (Å²) in [5.74, 6) is 2.29. The molecule has 136 valence electrons. The molecule has 0 unspecified atom stereocenters. The quantitative estimate of drug-likeness (QED) is 0.755. The lowest BCUT2D eigenvalue weighted by molar-refractivity contribution is -0.121. The zero-order valence-electron chi connectivity index (χ0n) is 15.4. The van der Waals surface area contributed by atoms with Gasteiger partial charge in [-0.2, -0.15) is 4.98 Å². The van der Waals surface area contributed by atoms with Crippen molar-refractivity contribution in [2.75, 3.05) is 7.11 Å². The van der Waals surface area contributed by atoms with Crippen molar-refractivity contribution in [3.8, 4) is 5.75 Å². The molecule has 1 aromatic heterocycles. The monoisotopic (exact) mass is 345 g/mol. The zero-order valence-corrected chi connectivity index (χ0v) is 15.4. The van der Waals surface area contributed by atoms with Gasteiger partial charge in [-0.25, -0.2) is 0 Å². The SMILES string of the molecule is COc1ccc(CC[C@@H](C)NC(=O)CCc2nc(C(C)C)no2)cc1. The van der Waals surface area contributed by atoms with E-state index < -0.39 is 0 Å². The van der Waals surface area contributed by atoms with Crippen molar-refractivity contribution in [3.05, 3.63) is 41.5 Å². The Morgan fingerprint density at radius 2 is 1.92 bits per heavy atom. The number of amides is 1. The summed E-state index contributed by atoms with van der Waals surface area (Å²) in [4.78, 5) is 16.3. The van der Waals surface area contributed by atoms with Crippen molar-refractivity contribution in [1.82, 2.24) is 15.5 Å². The second-order valence-electron chi connectivity index (χ2n) is 6.56. The van der Waals surface area contributed by atoms with Crippen molar-refractivity contribution in [2.45, 2.75) is 58.4 Å². The average Bonchev–Trinajstić information content (AvgIpc) is 3.08. The number of carbonyl (C=O) groups is 1. The normalized spacial score (nSPS) is 12.2. The molecule has 0 bridgehead atoms. The van der Waals surface area contributed by atoms with Gasteiger partial charge < -0.3 is 14.6 Å².